The SMILES string of the molecule is NC(=O)OC(=O)CC1CCCCC1. The highest BCUT2D eigenvalue weighted by Crippen LogP contribution is 2.26. The molecular formula is C9H15NO3. The lowest BCUT2D eigenvalue weighted by atomic mass is 9.87. The molecule has 13 heavy (non-hydrogen) atoms. The Morgan fingerprint density at radius 3 is 2.38 bits per heavy atom. The van der Waals surface area contributed by atoms with Crippen molar-refractivity contribution in [1.29, 1.82) is 0 Å². The Morgan fingerprint density at radius 1 is 1.23 bits per heavy atom. The van der Waals surface area contributed by atoms with Gasteiger partial charge in [-0.3, -0.25) is 4.79 Å². The molecule has 0 aromatic carbocycles. The highest BCUT2D eigenvalue weighted by Gasteiger charge is 2.18. The van der Waals surface area contributed by atoms with Gasteiger partial charge >= 0.3 is 12.1 Å². The van der Waals surface area contributed by atoms with E-state index >= 15 is 0 Å². The minimum Gasteiger partial charge on any atom is -0.376 e. The van der Waals surface area contributed by atoms with Gasteiger partial charge in [0.05, 0.1) is 0 Å². The average molecular weight is 185 g/mol. The van der Waals surface area contributed by atoms with E-state index in [1.165, 1.54) is 19.3 Å². The van der Waals surface area contributed by atoms with Crippen molar-refractivity contribution >= 4 is 12.1 Å². The number of ether oxygens (including phenoxy) is 1. The molecule has 0 heterocycles. The third-order valence-electron chi connectivity index (χ3n) is 2.39. The van der Waals surface area contributed by atoms with Crippen molar-refractivity contribution in [3.63, 3.8) is 0 Å². The summed E-state index contributed by atoms with van der Waals surface area (Å²) < 4.78 is 4.25. The first-order chi connectivity index (χ1) is 6.18. The smallest absolute Gasteiger partial charge is 0.376 e. The van der Waals surface area contributed by atoms with Gasteiger partial charge in [0.2, 0.25) is 0 Å². The summed E-state index contributed by atoms with van der Waals surface area (Å²) in [7, 11) is 0. The van der Waals surface area contributed by atoms with E-state index in [4.69, 9.17) is 5.73 Å². The van der Waals surface area contributed by atoms with E-state index in [1.54, 1.807) is 0 Å². The number of carbonyl (C=O) groups is 2. The molecule has 4 heteroatoms. The van der Waals surface area contributed by atoms with Crippen molar-refractivity contribution in [1.82, 2.24) is 0 Å². The molecule has 1 aliphatic carbocycles. The molecule has 1 amide bonds. The number of nitrogens with two attached hydrogens (primary N) is 1. The first kappa shape index (κ1) is 10.0. The van der Waals surface area contributed by atoms with Crippen LogP contribution in [-0.4, -0.2) is 12.1 Å². The molecule has 2 N–H and O–H groups in total. The molecule has 0 aromatic rings. The normalized spacial score (nSPS) is 18.2. The van der Waals surface area contributed by atoms with Crippen molar-refractivity contribution in [3.8, 4) is 0 Å². The van der Waals surface area contributed by atoms with E-state index in [0.717, 1.165) is 12.8 Å². The zero-order valence-corrected chi connectivity index (χ0v) is 7.62. The van der Waals surface area contributed by atoms with Gasteiger partial charge in [0.15, 0.2) is 0 Å². The quantitative estimate of drug-likeness (QED) is 0.524. The van der Waals surface area contributed by atoms with Crippen LogP contribution in [0.3, 0.4) is 0 Å². The third-order valence-corrected chi connectivity index (χ3v) is 2.39. The number of rotatable bonds is 2. The number of hydrogen-bond acceptors (Lipinski definition) is 3. The highest BCUT2D eigenvalue weighted by atomic mass is 16.6. The lowest BCUT2D eigenvalue weighted by Gasteiger charge is -2.19. The molecule has 74 valence electrons. The monoisotopic (exact) mass is 185 g/mol. The lowest BCUT2D eigenvalue weighted by molar-refractivity contribution is -0.138. The summed E-state index contributed by atoms with van der Waals surface area (Å²) in [5.41, 5.74) is 4.72. The summed E-state index contributed by atoms with van der Waals surface area (Å²) in [6.45, 7) is 0. The molecule has 0 spiro atoms. The second-order valence-electron chi connectivity index (χ2n) is 3.50. The van der Waals surface area contributed by atoms with Crippen LogP contribution in [-0.2, 0) is 9.53 Å². The topological polar surface area (TPSA) is 69.4 Å². The Kier molecular flexibility index (Phi) is 3.73. The maximum Gasteiger partial charge on any atom is 0.412 e. The molecule has 1 saturated carbocycles. The summed E-state index contributed by atoms with van der Waals surface area (Å²) in [6, 6.07) is 0. The van der Waals surface area contributed by atoms with Crippen LogP contribution in [0.4, 0.5) is 4.79 Å². The van der Waals surface area contributed by atoms with Gasteiger partial charge in [-0.2, -0.15) is 0 Å². The van der Waals surface area contributed by atoms with Gasteiger partial charge in [0.25, 0.3) is 0 Å². The predicted octanol–water partition coefficient (Wildman–Crippen LogP) is 1.58. The Morgan fingerprint density at radius 2 is 1.85 bits per heavy atom. The predicted molar refractivity (Wildman–Crippen MR) is 46.9 cm³/mol. The fourth-order valence-corrected chi connectivity index (χ4v) is 1.78. The number of amides is 1. The summed E-state index contributed by atoms with van der Waals surface area (Å²) in [6.07, 6.45) is 5.07. The van der Waals surface area contributed by atoms with Crippen LogP contribution >= 0.6 is 0 Å². The van der Waals surface area contributed by atoms with E-state index < -0.39 is 12.1 Å². The summed E-state index contributed by atoms with van der Waals surface area (Å²) in [5, 5.41) is 0. The zero-order valence-electron chi connectivity index (χ0n) is 7.62. The summed E-state index contributed by atoms with van der Waals surface area (Å²) in [4.78, 5) is 21.2. The van der Waals surface area contributed by atoms with Gasteiger partial charge in [-0.15, -0.1) is 0 Å². The Balaban J connectivity index is 2.22. The number of esters is 1. The standard InChI is InChI=1S/C9H15NO3/c10-9(12)13-8(11)6-7-4-2-1-3-5-7/h7H,1-6H2,(H2,10,12). The molecule has 0 aromatic heterocycles. The lowest BCUT2D eigenvalue weighted by Crippen LogP contribution is -2.21. The molecule has 0 unspecified atom stereocenters. The second kappa shape index (κ2) is 4.84. The van der Waals surface area contributed by atoms with E-state index in [-0.39, 0.29) is 0 Å². The molecule has 0 aliphatic heterocycles. The van der Waals surface area contributed by atoms with Crippen LogP contribution in [0.25, 0.3) is 0 Å². The van der Waals surface area contributed by atoms with Crippen molar-refractivity contribution in [3.05, 3.63) is 0 Å². The van der Waals surface area contributed by atoms with E-state index in [9.17, 15) is 9.59 Å². The maximum absolute atomic E-state index is 11.0. The Bertz CT molecular complexity index is 197. The van der Waals surface area contributed by atoms with Gasteiger partial charge in [0, 0.05) is 6.42 Å². The molecule has 0 atom stereocenters. The second-order valence-corrected chi connectivity index (χ2v) is 3.50. The largest absolute Gasteiger partial charge is 0.412 e. The minimum atomic E-state index is -0.999. The van der Waals surface area contributed by atoms with Gasteiger partial charge < -0.3 is 10.5 Å². The molecule has 1 rings (SSSR count). The number of primary amides is 1. The molecule has 0 bridgehead atoms. The molecule has 1 aliphatic rings. The molecular weight excluding hydrogens is 170 g/mol. The minimum absolute atomic E-state index is 0.336. The van der Waals surface area contributed by atoms with Crippen molar-refractivity contribution in [2.75, 3.05) is 0 Å². The van der Waals surface area contributed by atoms with Crippen molar-refractivity contribution < 1.29 is 14.3 Å². The van der Waals surface area contributed by atoms with Crippen LogP contribution in [0.2, 0.25) is 0 Å². The summed E-state index contributed by atoms with van der Waals surface area (Å²) in [5.74, 6) is -0.0972. The summed E-state index contributed by atoms with van der Waals surface area (Å²) >= 11 is 0. The first-order valence-electron chi connectivity index (χ1n) is 4.68. The van der Waals surface area contributed by atoms with Crippen LogP contribution in [0.15, 0.2) is 0 Å². The van der Waals surface area contributed by atoms with E-state index in [2.05, 4.69) is 4.74 Å². The first-order valence-corrected chi connectivity index (χ1v) is 4.68. The van der Waals surface area contributed by atoms with E-state index in [0.29, 0.717) is 12.3 Å². The molecule has 0 radical (unpaired) electrons. The van der Waals surface area contributed by atoms with Crippen molar-refractivity contribution in [2.45, 2.75) is 38.5 Å². The molecule has 1 fully saturated rings. The van der Waals surface area contributed by atoms with Crippen molar-refractivity contribution in [2.24, 2.45) is 11.7 Å². The van der Waals surface area contributed by atoms with Gasteiger partial charge in [-0.25, -0.2) is 4.79 Å². The van der Waals surface area contributed by atoms with E-state index in [1.807, 2.05) is 0 Å². The van der Waals surface area contributed by atoms with Crippen LogP contribution < -0.4 is 5.73 Å². The third kappa shape index (κ3) is 3.92. The fourth-order valence-electron chi connectivity index (χ4n) is 1.78. The number of hydrogen-bond donors (Lipinski definition) is 1. The maximum atomic E-state index is 11.0. The zero-order chi connectivity index (χ0) is 9.68. The highest BCUT2D eigenvalue weighted by molar-refractivity contribution is 5.83. The van der Waals surface area contributed by atoms with Gasteiger partial charge in [0.1, 0.15) is 0 Å². The van der Waals surface area contributed by atoms with Crippen LogP contribution in [0, 0.1) is 5.92 Å². The fraction of sp³-hybridized carbons (Fsp3) is 0.778. The average Bonchev–Trinajstić information content (AvgIpc) is 2.04. The number of carbonyl (C=O) groups excluding carboxylic acids is 2. The van der Waals surface area contributed by atoms with Gasteiger partial charge in [-0.05, 0) is 18.8 Å². The Hall–Kier alpha value is -1.06. The van der Waals surface area contributed by atoms with Crippen LogP contribution in [0.1, 0.15) is 38.5 Å². The molecule has 0 saturated heterocycles. The molecule has 4 nitrogen and oxygen atoms in total. The Labute approximate surface area is 77.4 Å². The van der Waals surface area contributed by atoms with Crippen LogP contribution in [0.5, 0.6) is 0 Å². The van der Waals surface area contributed by atoms with Gasteiger partial charge in [-0.1, -0.05) is 19.3 Å².